The molecule has 0 fully saturated rings. The van der Waals surface area contributed by atoms with Gasteiger partial charge in [0.15, 0.2) is 11.6 Å². The summed E-state index contributed by atoms with van der Waals surface area (Å²) in [5.41, 5.74) is 6.46. The first-order chi connectivity index (χ1) is 13.5. The number of hydrogen-bond acceptors (Lipinski definition) is 6. The number of aliphatic hydroxyl groups excluding tert-OH is 1. The zero-order valence-corrected chi connectivity index (χ0v) is 15.8. The quantitative estimate of drug-likeness (QED) is 0.358. The molecule has 0 saturated heterocycles. The average molecular weight is 402 g/mol. The van der Waals surface area contributed by atoms with Gasteiger partial charge in [-0.15, -0.1) is 0 Å². The Morgan fingerprint density at radius 3 is 2.71 bits per heavy atom. The Labute approximate surface area is 164 Å². The van der Waals surface area contributed by atoms with Crippen molar-refractivity contribution >= 4 is 28.1 Å². The number of halogens is 1. The maximum absolute atomic E-state index is 13.7. The third kappa shape index (κ3) is 4.56. The molecule has 0 bridgehead atoms. The fourth-order valence-corrected chi connectivity index (χ4v) is 3.12. The SMILES string of the molecule is CC(CO)N=C(N)c1c(Nc2ccc(Oc3ccccc3F)cc2)s[nH]c1=O. The molecular formula is C19H19FN4O3S. The number of hydrogen-bond donors (Lipinski definition) is 4. The molecule has 7 nitrogen and oxygen atoms in total. The molecule has 0 amide bonds. The lowest BCUT2D eigenvalue weighted by molar-refractivity contribution is 0.274. The lowest BCUT2D eigenvalue weighted by Crippen LogP contribution is -2.24. The lowest BCUT2D eigenvalue weighted by atomic mass is 10.2. The predicted molar refractivity (Wildman–Crippen MR) is 108 cm³/mol. The summed E-state index contributed by atoms with van der Waals surface area (Å²) in [5, 5.41) is 12.7. The van der Waals surface area contributed by atoms with Gasteiger partial charge in [0.05, 0.1) is 12.6 Å². The maximum atomic E-state index is 13.7. The van der Waals surface area contributed by atoms with Gasteiger partial charge in [0.2, 0.25) is 0 Å². The molecule has 1 heterocycles. The number of aliphatic hydroxyl groups is 1. The molecule has 1 unspecified atom stereocenters. The van der Waals surface area contributed by atoms with Crippen molar-refractivity contribution < 1.29 is 14.2 Å². The van der Waals surface area contributed by atoms with E-state index in [0.29, 0.717) is 16.4 Å². The monoisotopic (exact) mass is 402 g/mol. The standard InChI is InChI=1S/C19H19FN4O3S/c1-11(10-25)22-17(21)16-18(26)24-28-19(16)23-12-6-8-13(9-7-12)27-15-5-3-2-4-14(15)20/h2-9,11,23,25H,10H2,1H3,(H2,21,22)(H,24,26). The Morgan fingerprint density at radius 1 is 1.32 bits per heavy atom. The first kappa shape index (κ1) is 19.6. The van der Waals surface area contributed by atoms with Crippen molar-refractivity contribution in [3.05, 3.63) is 70.3 Å². The van der Waals surface area contributed by atoms with Crippen LogP contribution in [-0.2, 0) is 0 Å². The molecule has 0 aliphatic carbocycles. The molecule has 0 saturated carbocycles. The predicted octanol–water partition coefficient (Wildman–Crippen LogP) is 3.20. The smallest absolute Gasteiger partial charge is 0.271 e. The van der Waals surface area contributed by atoms with Crippen molar-refractivity contribution in [3.8, 4) is 11.5 Å². The minimum Gasteiger partial charge on any atom is -0.454 e. The molecule has 28 heavy (non-hydrogen) atoms. The molecule has 146 valence electrons. The van der Waals surface area contributed by atoms with E-state index in [4.69, 9.17) is 15.6 Å². The summed E-state index contributed by atoms with van der Waals surface area (Å²) in [6.07, 6.45) is 0. The third-order valence-electron chi connectivity index (χ3n) is 3.76. The Hall–Kier alpha value is -3.17. The summed E-state index contributed by atoms with van der Waals surface area (Å²) in [7, 11) is 0. The van der Waals surface area contributed by atoms with Gasteiger partial charge < -0.3 is 20.9 Å². The molecule has 1 aromatic heterocycles. The third-order valence-corrected chi connectivity index (χ3v) is 4.55. The number of ether oxygens (including phenoxy) is 1. The highest BCUT2D eigenvalue weighted by molar-refractivity contribution is 7.10. The van der Waals surface area contributed by atoms with Crippen LogP contribution < -0.4 is 21.3 Å². The molecular weight excluding hydrogens is 383 g/mol. The number of nitrogens with two attached hydrogens (primary N) is 1. The van der Waals surface area contributed by atoms with E-state index in [1.54, 1.807) is 49.4 Å². The summed E-state index contributed by atoms with van der Waals surface area (Å²) >= 11 is 1.09. The zero-order valence-electron chi connectivity index (χ0n) is 15.0. The summed E-state index contributed by atoms with van der Waals surface area (Å²) in [4.78, 5) is 16.2. The molecule has 9 heteroatoms. The number of aromatic nitrogens is 1. The second kappa shape index (κ2) is 8.68. The van der Waals surface area contributed by atoms with E-state index < -0.39 is 11.9 Å². The fourth-order valence-electron chi connectivity index (χ4n) is 2.36. The Morgan fingerprint density at radius 2 is 2.04 bits per heavy atom. The highest BCUT2D eigenvalue weighted by Gasteiger charge is 2.16. The number of aromatic amines is 1. The van der Waals surface area contributed by atoms with Crippen molar-refractivity contribution in [2.24, 2.45) is 10.7 Å². The highest BCUT2D eigenvalue weighted by Crippen LogP contribution is 2.27. The number of para-hydroxylation sites is 1. The van der Waals surface area contributed by atoms with Gasteiger partial charge in [-0.1, -0.05) is 12.1 Å². The van der Waals surface area contributed by atoms with Crippen LogP contribution in [-0.4, -0.2) is 28.0 Å². The van der Waals surface area contributed by atoms with Crippen LogP contribution in [0, 0.1) is 5.82 Å². The Bertz CT molecular complexity index is 1030. The van der Waals surface area contributed by atoms with Gasteiger partial charge in [-0.25, -0.2) is 4.39 Å². The van der Waals surface area contributed by atoms with Gasteiger partial charge >= 0.3 is 0 Å². The molecule has 1 atom stereocenters. The molecule has 5 N–H and O–H groups in total. The molecule has 0 radical (unpaired) electrons. The van der Waals surface area contributed by atoms with Gasteiger partial charge in [-0.05, 0) is 54.9 Å². The van der Waals surface area contributed by atoms with E-state index in [1.807, 2.05) is 0 Å². The fraction of sp³-hybridized carbons (Fsp3) is 0.158. The van der Waals surface area contributed by atoms with Gasteiger partial charge in [-0.3, -0.25) is 14.2 Å². The Balaban J connectivity index is 1.77. The van der Waals surface area contributed by atoms with Crippen molar-refractivity contribution in [2.75, 3.05) is 11.9 Å². The number of rotatable bonds is 7. The van der Waals surface area contributed by atoms with Crippen LogP contribution >= 0.6 is 11.5 Å². The maximum Gasteiger partial charge on any atom is 0.271 e. The number of anilines is 2. The van der Waals surface area contributed by atoms with Crippen LogP contribution in [0.2, 0.25) is 0 Å². The van der Waals surface area contributed by atoms with E-state index in [1.165, 1.54) is 6.07 Å². The molecule has 2 aromatic carbocycles. The van der Waals surface area contributed by atoms with E-state index in [0.717, 1.165) is 11.5 Å². The van der Waals surface area contributed by atoms with Gasteiger partial charge in [0, 0.05) is 5.69 Å². The lowest BCUT2D eigenvalue weighted by Gasteiger charge is -2.09. The molecule has 0 aliphatic rings. The minimum absolute atomic E-state index is 0.0473. The topological polar surface area (TPSA) is 113 Å². The van der Waals surface area contributed by atoms with E-state index in [9.17, 15) is 9.18 Å². The van der Waals surface area contributed by atoms with E-state index >= 15 is 0 Å². The van der Waals surface area contributed by atoms with Crippen LogP contribution in [0.3, 0.4) is 0 Å². The van der Waals surface area contributed by atoms with Crippen molar-refractivity contribution in [2.45, 2.75) is 13.0 Å². The largest absolute Gasteiger partial charge is 0.454 e. The number of amidine groups is 1. The van der Waals surface area contributed by atoms with Crippen molar-refractivity contribution in [1.29, 1.82) is 0 Å². The van der Waals surface area contributed by atoms with Crippen molar-refractivity contribution in [3.63, 3.8) is 0 Å². The number of aliphatic imine (C=N–C) groups is 1. The van der Waals surface area contributed by atoms with E-state index in [-0.39, 0.29) is 29.3 Å². The first-order valence-electron chi connectivity index (χ1n) is 8.43. The minimum atomic E-state index is -0.446. The van der Waals surface area contributed by atoms with Gasteiger partial charge in [-0.2, -0.15) is 0 Å². The van der Waals surface area contributed by atoms with E-state index in [2.05, 4.69) is 14.7 Å². The average Bonchev–Trinajstić information content (AvgIpc) is 3.05. The zero-order chi connectivity index (χ0) is 20.1. The number of nitrogens with zero attached hydrogens (tertiary/aromatic N) is 1. The normalized spacial score (nSPS) is 12.6. The van der Waals surface area contributed by atoms with Crippen LogP contribution in [0.25, 0.3) is 0 Å². The summed E-state index contributed by atoms with van der Waals surface area (Å²) < 4.78 is 21.8. The first-order valence-corrected chi connectivity index (χ1v) is 9.25. The summed E-state index contributed by atoms with van der Waals surface area (Å²) in [6.45, 7) is 1.52. The number of H-pyrrole nitrogens is 1. The summed E-state index contributed by atoms with van der Waals surface area (Å²) in [6, 6.07) is 12.5. The Kier molecular flexibility index (Phi) is 6.07. The number of benzene rings is 2. The number of nitrogens with one attached hydrogen (secondary N) is 2. The molecule has 3 rings (SSSR count). The van der Waals surface area contributed by atoms with Gasteiger partial charge in [0.25, 0.3) is 5.56 Å². The van der Waals surface area contributed by atoms with Gasteiger partial charge in [0.1, 0.15) is 22.1 Å². The van der Waals surface area contributed by atoms with Crippen LogP contribution in [0.15, 0.2) is 58.3 Å². The molecule has 3 aromatic rings. The second-order valence-corrected chi connectivity index (χ2v) is 6.78. The van der Waals surface area contributed by atoms with Crippen LogP contribution in [0.1, 0.15) is 12.5 Å². The second-order valence-electron chi connectivity index (χ2n) is 5.97. The van der Waals surface area contributed by atoms with Crippen LogP contribution in [0.4, 0.5) is 15.1 Å². The highest BCUT2D eigenvalue weighted by atomic mass is 32.1. The summed E-state index contributed by atoms with van der Waals surface area (Å²) in [5.74, 6) is 0.205. The molecule has 0 spiro atoms. The van der Waals surface area contributed by atoms with Crippen LogP contribution in [0.5, 0.6) is 11.5 Å². The molecule has 0 aliphatic heterocycles. The van der Waals surface area contributed by atoms with Crippen molar-refractivity contribution in [1.82, 2.24) is 4.37 Å².